The minimum absolute atomic E-state index is 0.0873. The lowest BCUT2D eigenvalue weighted by Crippen LogP contribution is -2.13. The summed E-state index contributed by atoms with van der Waals surface area (Å²) in [5, 5.41) is 4.90. The van der Waals surface area contributed by atoms with E-state index in [1.54, 1.807) is 17.6 Å². The van der Waals surface area contributed by atoms with Crippen LogP contribution in [0.25, 0.3) is 10.8 Å². The molecule has 0 unspecified atom stereocenters. The van der Waals surface area contributed by atoms with Crippen LogP contribution in [-0.2, 0) is 11.4 Å². The second-order valence-corrected chi connectivity index (χ2v) is 6.65. The van der Waals surface area contributed by atoms with Gasteiger partial charge in [0.05, 0.1) is 4.88 Å². The van der Waals surface area contributed by atoms with E-state index in [1.807, 2.05) is 41.8 Å². The highest BCUT2D eigenvalue weighted by atomic mass is 32.1. The number of hydrogen-bond acceptors (Lipinski definition) is 5. The van der Waals surface area contributed by atoms with Crippen LogP contribution in [0.5, 0.6) is 5.75 Å². The number of anilines is 1. The van der Waals surface area contributed by atoms with Crippen LogP contribution in [-0.4, -0.2) is 10.9 Å². The molecule has 0 saturated heterocycles. The normalized spacial score (nSPS) is 13.7. The topological polar surface area (TPSA) is 64.4 Å². The van der Waals surface area contributed by atoms with Gasteiger partial charge in [0.25, 0.3) is 0 Å². The molecule has 122 valence electrons. The molecule has 1 N–H and O–H groups in total. The molecular weight excluding hydrogens is 324 g/mol. The van der Waals surface area contributed by atoms with Crippen molar-refractivity contribution in [3.8, 4) is 16.5 Å². The van der Waals surface area contributed by atoms with Crippen molar-refractivity contribution in [1.29, 1.82) is 0 Å². The summed E-state index contributed by atoms with van der Waals surface area (Å²) in [5.74, 6) is 1.56. The molecule has 1 saturated carbocycles. The number of oxazole rings is 1. The summed E-state index contributed by atoms with van der Waals surface area (Å²) in [6, 6.07) is 11.3. The zero-order chi connectivity index (χ0) is 16.4. The van der Waals surface area contributed by atoms with Crippen molar-refractivity contribution < 1.29 is 13.9 Å². The first-order chi connectivity index (χ1) is 11.8. The lowest BCUT2D eigenvalue weighted by atomic mass is 10.3. The van der Waals surface area contributed by atoms with Crippen molar-refractivity contribution in [2.45, 2.75) is 19.4 Å². The number of carbonyl (C=O) groups is 1. The Morgan fingerprint density at radius 1 is 1.33 bits per heavy atom. The van der Waals surface area contributed by atoms with E-state index in [2.05, 4.69) is 10.3 Å². The molecule has 6 heteroatoms. The number of carbonyl (C=O) groups excluding carboxylic acids is 1. The smallest absolute Gasteiger partial charge is 0.236 e. The van der Waals surface area contributed by atoms with Gasteiger partial charge in [0.15, 0.2) is 0 Å². The standard InChI is InChI=1S/C18H16N2O3S/c21-17(12-6-7-12)19-13-3-1-4-15(9-13)22-10-14-11-23-18(20-14)16-5-2-8-24-16/h1-5,8-9,11-12H,6-7,10H2,(H,19,21). The maximum absolute atomic E-state index is 11.8. The molecule has 1 aliphatic carbocycles. The monoisotopic (exact) mass is 340 g/mol. The van der Waals surface area contributed by atoms with Crippen molar-refractivity contribution >= 4 is 22.9 Å². The summed E-state index contributed by atoms with van der Waals surface area (Å²) in [4.78, 5) is 17.2. The van der Waals surface area contributed by atoms with E-state index in [9.17, 15) is 4.79 Å². The van der Waals surface area contributed by atoms with Gasteiger partial charge in [-0.25, -0.2) is 4.98 Å². The van der Waals surface area contributed by atoms with Gasteiger partial charge in [-0.1, -0.05) is 12.1 Å². The molecule has 1 aliphatic rings. The molecule has 24 heavy (non-hydrogen) atoms. The van der Waals surface area contributed by atoms with E-state index in [1.165, 1.54) is 0 Å². The Labute approximate surface area is 143 Å². The quantitative estimate of drug-likeness (QED) is 0.725. The van der Waals surface area contributed by atoms with Crippen molar-refractivity contribution in [2.75, 3.05) is 5.32 Å². The first kappa shape index (κ1) is 15.0. The Morgan fingerprint density at radius 3 is 3.04 bits per heavy atom. The number of aromatic nitrogens is 1. The lowest BCUT2D eigenvalue weighted by Gasteiger charge is -2.08. The van der Waals surface area contributed by atoms with Gasteiger partial charge < -0.3 is 14.5 Å². The number of amides is 1. The van der Waals surface area contributed by atoms with Crippen molar-refractivity contribution in [3.63, 3.8) is 0 Å². The molecular formula is C18H16N2O3S. The van der Waals surface area contributed by atoms with E-state index in [-0.39, 0.29) is 11.8 Å². The van der Waals surface area contributed by atoms with Crippen LogP contribution in [0.4, 0.5) is 5.69 Å². The Hall–Kier alpha value is -2.60. The third-order valence-corrected chi connectivity index (χ3v) is 4.58. The average Bonchev–Trinajstić information content (AvgIpc) is 3.10. The molecule has 0 spiro atoms. The molecule has 0 bridgehead atoms. The van der Waals surface area contributed by atoms with Gasteiger partial charge in [-0.05, 0) is 36.4 Å². The molecule has 4 rings (SSSR count). The minimum Gasteiger partial charge on any atom is -0.487 e. The summed E-state index contributed by atoms with van der Waals surface area (Å²) in [6.45, 7) is 0.314. The fourth-order valence-corrected chi connectivity index (χ4v) is 2.95. The molecule has 0 aliphatic heterocycles. The predicted molar refractivity (Wildman–Crippen MR) is 91.9 cm³/mol. The van der Waals surface area contributed by atoms with Crippen LogP contribution in [0.15, 0.2) is 52.5 Å². The van der Waals surface area contributed by atoms with Crippen molar-refractivity contribution in [2.24, 2.45) is 5.92 Å². The van der Waals surface area contributed by atoms with Gasteiger partial charge in [0.1, 0.15) is 24.3 Å². The molecule has 5 nitrogen and oxygen atoms in total. The Kier molecular flexibility index (Phi) is 4.04. The van der Waals surface area contributed by atoms with Gasteiger partial charge in [-0.2, -0.15) is 0 Å². The van der Waals surface area contributed by atoms with Gasteiger partial charge in [-0.3, -0.25) is 4.79 Å². The molecule has 0 radical (unpaired) electrons. The number of hydrogen-bond donors (Lipinski definition) is 1. The highest BCUT2D eigenvalue weighted by Crippen LogP contribution is 2.30. The highest BCUT2D eigenvalue weighted by Gasteiger charge is 2.29. The maximum atomic E-state index is 11.8. The van der Waals surface area contributed by atoms with Gasteiger partial charge >= 0.3 is 0 Å². The predicted octanol–water partition coefficient (Wildman–Crippen LogP) is 4.33. The average molecular weight is 340 g/mol. The summed E-state index contributed by atoms with van der Waals surface area (Å²) in [7, 11) is 0. The zero-order valence-corrected chi connectivity index (χ0v) is 13.7. The van der Waals surface area contributed by atoms with Crippen LogP contribution < -0.4 is 10.1 Å². The van der Waals surface area contributed by atoms with Crippen molar-refractivity contribution in [3.05, 3.63) is 53.7 Å². The van der Waals surface area contributed by atoms with E-state index >= 15 is 0 Å². The molecule has 2 aromatic heterocycles. The van der Waals surface area contributed by atoms with Crippen LogP contribution in [0, 0.1) is 5.92 Å². The number of ether oxygens (including phenoxy) is 1. The number of nitrogens with one attached hydrogen (secondary N) is 1. The van der Waals surface area contributed by atoms with Crippen LogP contribution in [0.3, 0.4) is 0 Å². The minimum atomic E-state index is 0.0873. The highest BCUT2D eigenvalue weighted by molar-refractivity contribution is 7.13. The van der Waals surface area contributed by atoms with Crippen LogP contribution in [0.1, 0.15) is 18.5 Å². The van der Waals surface area contributed by atoms with E-state index in [4.69, 9.17) is 9.15 Å². The van der Waals surface area contributed by atoms with Gasteiger partial charge in [-0.15, -0.1) is 11.3 Å². The van der Waals surface area contributed by atoms with Crippen LogP contribution >= 0.6 is 11.3 Å². The molecule has 3 aromatic rings. The fraction of sp³-hybridized carbons (Fsp3) is 0.222. The van der Waals surface area contributed by atoms with Gasteiger partial charge in [0, 0.05) is 17.7 Å². The Morgan fingerprint density at radius 2 is 2.25 bits per heavy atom. The summed E-state index contributed by atoms with van der Waals surface area (Å²) < 4.78 is 11.2. The molecule has 0 atom stereocenters. The second kappa shape index (κ2) is 6.49. The number of nitrogens with zero attached hydrogens (tertiary/aromatic N) is 1. The third kappa shape index (κ3) is 3.49. The summed E-state index contributed by atoms with van der Waals surface area (Å²) in [5.41, 5.74) is 1.48. The molecule has 1 fully saturated rings. The van der Waals surface area contributed by atoms with E-state index in [0.717, 1.165) is 29.1 Å². The van der Waals surface area contributed by atoms with Crippen LogP contribution in [0.2, 0.25) is 0 Å². The first-order valence-electron chi connectivity index (χ1n) is 7.80. The Bertz CT molecular complexity index is 838. The molecule has 1 aromatic carbocycles. The largest absolute Gasteiger partial charge is 0.487 e. The first-order valence-corrected chi connectivity index (χ1v) is 8.68. The lowest BCUT2D eigenvalue weighted by molar-refractivity contribution is -0.117. The number of thiophene rings is 1. The third-order valence-electron chi connectivity index (χ3n) is 3.72. The number of rotatable bonds is 6. The maximum Gasteiger partial charge on any atom is 0.236 e. The molecule has 1 amide bonds. The van der Waals surface area contributed by atoms with Gasteiger partial charge in [0.2, 0.25) is 11.8 Å². The second-order valence-electron chi connectivity index (χ2n) is 5.70. The van der Waals surface area contributed by atoms with E-state index < -0.39 is 0 Å². The fourth-order valence-electron chi connectivity index (χ4n) is 2.30. The molecule has 2 heterocycles. The van der Waals surface area contributed by atoms with E-state index in [0.29, 0.717) is 18.2 Å². The van der Waals surface area contributed by atoms with Crippen molar-refractivity contribution in [1.82, 2.24) is 4.98 Å². The Balaban J connectivity index is 1.38. The summed E-state index contributed by atoms with van der Waals surface area (Å²) in [6.07, 6.45) is 3.58. The number of benzene rings is 1. The SMILES string of the molecule is O=C(Nc1cccc(OCc2coc(-c3cccs3)n2)c1)C1CC1. The zero-order valence-electron chi connectivity index (χ0n) is 12.9. The summed E-state index contributed by atoms with van der Waals surface area (Å²) >= 11 is 1.58.